The van der Waals surface area contributed by atoms with Crippen molar-refractivity contribution in [3.63, 3.8) is 0 Å². The Morgan fingerprint density at radius 2 is 1.85 bits per heavy atom. The van der Waals surface area contributed by atoms with Crippen LogP contribution >= 0.6 is 0 Å². The van der Waals surface area contributed by atoms with Gasteiger partial charge in [0.15, 0.2) is 6.61 Å². The van der Waals surface area contributed by atoms with Gasteiger partial charge in [-0.1, -0.05) is 43.3 Å². The highest BCUT2D eigenvalue weighted by Gasteiger charge is 2.11. The number of aryl methyl sites for hydroxylation is 2. The third kappa shape index (κ3) is 4.34. The predicted molar refractivity (Wildman–Crippen MR) is 105 cm³/mol. The molecule has 1 heterocycles. The van der Waals surface area contributed by atoms with Gasteiger partial charge in [0.25, 0.3) is 5.91 Å². The van der Waals surface area contributed by atoms with E-state index in [1.807, 2.05) is 56.3 Å². The van der Waals surface area contributed by atoms with E-state index in [-0.39, 0.29) is 12.5 Å². The van der Waals surface area contributed by atoms with Gasteiger partial charge in [0.1, 0.15) is 5.75 Å². The van der Waals surface area contributed by atoms with Crippen molar-refractivity contribution in [2.45, 2.75) is 33.6 Å². The maximum absolute atomic E-state index is 12.3. The van der Waals surface area contributed by atoms with Gasteiger partial charge >= 0.3 is 0 Å². The number of benzene rings is 2. The van der Waals surface area contributed by atoms with Gasteiger partial charge in [0, 0.05) is 5.69 Å². The molecule has 1 amide bonds. The zero-order chi connectivity index (χ0) is 19.4. The fraction of sp³-hybridized carbons (Fsp3) is 0.286. The van der Waals surface area contributed by atoms with Gasteiger partial charge in [-0.3, -0.25) is 4.79 Å². The summed E-state index contributed by atoms with van der Waals surface area (Å²) in [6, 6.07) is 13.4. The number of para-hydroxylation sites is 1. The zero-order valence-corrected chi connectivity index (χ0v) is 16.1. The lowest BCUT2D eigenvalue weighted by atomic mass is 10.1. The average Bonchev–Trinajstić information content (AvgIpc) is 3.11. The van der Waals surface area contributed by atoms with E-state index in [1.165, 1.54) is 0 Å². The maximum atomic E-state index is 12.3. The van der Waals surface area contributed by atoms with E-state index in [4.69, 9.17) is 4.74 Å². The number of carbonyl (C=O) groups is 1. The molecular weight excluding hydrogens is 340 g/mol. The van der Waals surface area contributed by atoms with Crippen molar-refractivity contribution in [2.24, 2.45) is 0 Å². The first-order chi connectivity index (χ1) is 13.0. The van der Waals surface area contributed by atoms with Crippen LogP contribution in [0.25, 0.3) is 5.69 Å². The SMILES string of the molecule is Cc1cccc(C)c1OCC(=O)Nc1cccc(-n2nncc2C(C)C)c1. The van der Waals surface area contributed by atoms with Gasteiger partial charge in [0.05, 0.1) is 17.6 Å². The average molecular weight is 364 g/mol. The summed E-state index contributed by atoms with van der Waals surface area (Å²) in [7, 11) is 0. The Morgan fingerprint density at radius 3 is 2.56 bits per heavy atom. The van der Waals surface area contributed by atoms with Crippen LogP contribution in [0.4, 0.5) is 5.69 Å². The standard InChI is InChI=1S/C21H24N4O2/c1-14(2)19-12-22-24-25(19)18-10-6-9-17(11-18)23-20(26)13-27-21-15(3)7-5-8-16(21)4/h5-12,14H,13H2,1-4H3,(H,23,26). The minimum Gasteiger partial charge on any atom is -0.483 e. The van der Waals surface area contributed by atoms with Crippen LogP contribution in [-0.4, -0.2) is 27.5 Å². The molecule has 0 spiro atoms. The minimum atomic E-state index is -0.211. The van der Waals surface area contributed by atoms with Crippen LogP contribution in [0.1, 0.15) is 36.6 Å². The molecule has 6 heteroatoms. The highest BCUT2D eigenvalue weighted by molar-refractivity contribution is 5.92. The number of hydrogen-bond donors (Lipinski definition) is 1. The molecule has 3 aromatic rings. The largest absolute Gasteiger partial charge is 0.483 e. The second-order valence-electron chi connectivity index (χ2n) is 6.83. The molecule has 0 saturated carbocycles. The smallest absolute Gasteiger partial charge is 0.262 e. The number of aromatic nitrogens is 3. The van der Waals surface area contributed by atoms with Crippen LogP contribution < -0.4 is 10.1 Å². The van der Waals surface area contributed by atoms with Crippen LogP contribution in [-0.2, 0) is 4.79 Å². The summed E-state index contributed by atoms with van der Waals surface area (Å²) in [5, 5.41) is 11.0. The summed E-state index contributed by atoms with van der Waals surface area (Å²) in [6.45, 7) is 8.07. The Morgan fingerprint density at radius 1 is 1.15 bits per heavy atom. The van der Waals surface area contributed by atoms with Crippen LogP contribution in [0.3, 0.4) is 0 Å². The summed E-state index contributed by atoms with van der Waals surface area (Å²) in [5.41, 5.74) is 4.57. The molecule has 140 valence electrons. The lowest BCUT2D eigenvalue weighted by molar-refractivity contribution is -0.118. The molecule has 0 atom stereocenters. The molecule has 27 heavy (non-hydrogen) atoms. The molecule has 0 aliphatic heterocycles. The van der Waals surface area contributed by atoms with E-state index in [9.17, 15) is 4.79 Å². The number of ether oxygens (including phenoxy) is 1. The van der Waals surface area contributed by atoms with E-state index in [0.717, 1.165) is 28.3 Å². The molecule has 0 aliphatic rings. The van der Waals surface area contributed by atoms with Gasteiger partial charge in [-0.15, -0.1) is 5.10 Å². The fourth-order valence-electron chi connectivity index (χ4n) is 2.91. The summed E-state index contributed by atoms with van der Waals surface area (Å²) >= 11 is 0. The third-order valence-corrected chi connectivity index (χ3v) is 4.30. The number of hydrogen-bond acceptors (Lipinski definition) is 4. The highest BCUT2D eigenvalue weighted by Crippen LogP contribution is 2.23. The van der Waals surface area contributed by atoms with E-state index < -0.39 is 0 Å². The quantitative estimate of drug-likeness (QED) is 0.717. The summed E-state index contributed by atoms with van der Waals surface area (Å²) in [5.74, 6) is 0.840. The molecule has 0 unspecified atom stereocenters. The molecule has 6 nitrogen and oxygen atoms in total. The van der Waals surface area contributed by atoms with Crippen molar-refractivity contribution < 1.29 is 9.53 Å². The molecule has 0 fully saturated rings. The van der Waals surface area contributed by atoms with Crippen molar-refractivity contribution in [2.75, 3.05) is 11.9 Å². The third-order valence-electron chi connectivity index (χ3n) is 4.30. The van der Waals surface area contributed by atoms with Crippen molar-refractivity contribution in [3.05, 3.63) is 65.5 Å². The van der Waals surface area contributed by atoms with Gasteiger partial charge in [-0.25, -0.2) is 4.68 Å². The Hall–Kier alpha value is -3.15. The van der Waals surface area contributed by atoms with E-state index >= 15 is 0 Å². The molecule has 1 N–H and O–H groups in total. The maximum Gasteiger partial charge on any atom is 0.262 e. The summed E-state index contributed by atoms with van der Waals surface area (Å²) in [6.07, 6.45) is 1.76. The number of nitrogens with zero attached hydrogens (tertiary/aromatic N) is 3. The number of nitrogens with one attached hydrogen (secondary N) is 1. The molecule has 2 aromatic carbocycles. The molecule has 0 bridgehead atoms. The van der Waals surface area contributed by atoms with Crippen molar-refractivity contribution in [1.29, 1.82) is 0 Å². The van der Waals surface area contributed by atoms with E-state index in [1.54, 1.807) is 10.9 Å². The monoisotopic (exact) mass is 364 g/mol. The van der Waals surface area contributed by atoms with E-state index in [2.05, 4.69) is 29.5 Å². The van der Waals surface area contributed by atoms with E-state index in [0.29, 0.717) is 11.6 Å². The number of anilines is 1. The Labute approximate surface area is 159 Å². The summed E-state index contributed by atoms with van der Waals surface area (Å²) < 4.78 is 7.50. The molecule has 3 rings (SSSR count). The second kappa shape index (κ2) is 8.03. The van der Waals surface area contributed by atoms with Gasteiger partial charge in [-0.05, 0) is 49.1 Å². The normalized spacial score (nSPS) is 10.9. The molecule has 1 aromatic heterocycles. The Balaban J connectivity index is 1.69. The first-order valence-electron chi connectivity index (χ1n) is 8.95. The zero-order valence-electron chi connectivity index (χ0n) is 16.1. The first kappa shape index (κ1) is 18.6. The van der Waals surface area contributed by atoms with Crippen LogP contribution in [0.15, 0.2) is 48.7 Å². The minimum absolute atomic E-state index is 0.0451. The van der Waals surface area contributed by atoms with Crippen LogP contribution in [0.5, 0.6) is 5.75 Å². The molecule has 0 aliphatic carbocycles. The topological polar surface area (TPSA) is 69.0 Å². The van der Waals surface area contributed by atoms with Crippen molar-refractivity contribution >= 4 is 11.6 Å². The Kier molecular flexibility index (Phi) is 5.54. The first-order valence-corrected chi connectivity index (χ1v) is 8.95. The highest BCUT2D eigenvalue weighted by atomic mass is 16.5. The number of carbonyl (C=O) groups excluding carboxylic acids is 1. The predicted octanol–water partition coefficient (Wildman–Crippen LogP) is 4.03. The van der Waals surface area contributed by atoms with Gasteiger partial charge in [-0.2, -0.15) is 0 Å². The lowest BCUT2D eigenvalue weighted by Crippen LogP contribution is -2.20. The fourth-order valence-corrected chi connectivity index (χ4v) is 2.91. The van der Waals surface area contributed by atoms with Crippen LogP contribution in [0, 0.1) is 13.8 Å². The molecule has 0 saturated heterocycles. The lowest BCUT2D eigenvalue weighted by Gasteiger charge is -2.13. The van der Waals surface area contributed by atoms with Crippen molar-refractivity contribution in [3.8, 4) is 11.4 Å². The molecular formula is C21H24N4O2. The summed E-state index contributed by atoms with van der Waals surface area (Å²) in [4.78, 5) is 12.3. The van der Waals surface area contributed by atoms with Crippen molar-refractivity contribution in [1.82, 2.24) is 15.0 Å². The molecule has 0 radical (unpaired) electrons. The van der Waals surface area contributed by atoms with Gasteiger partial charge < -0.3 is 10.1 Å². The second-order valence-corrected chi connectivity index (χ2v) is 6.83. The Bertz CT molecular complexity index is 927. The van der Waals surface area contributed by atoms with Crippen LogP contribution in [0.2, 0.25) is 0 Å². The number of amides is 1. The number of rotatable bonds is 6. The van der Waals surface area contributed by atoms with Gasteiger partial charge in [0.2, 0.25) is 0 Å².